The van der Waals surface area contributed by atoms with Crippen molar-refractivity contribution < 1.29 is 9.53 Å². The number of anilines is 1. The number of aromatic nitrogens is 2. The number of aryl methyl sites for hydroxylation is 1. The van der Waals surface area contributed by atoms with Crippen LogP contribution in [0.1, 0.15) is 5.56 Å². The number of nitrogens with one attached hydrogen (secondary N) is 1. The molecule has 0 aliphatic heterocycles. The predicted molar refractivity (Wildman–Crippen MR) is 105 cm³/mol. The van der Waals surface area contributed by atoms with Crippen LogP contribution in [-0.4, -0.2) is 28.3 Å². The fraction of sp³-hybridized carbons (Fsp3) is 0.158. The summed E-state index contributed by atoms with van der Waals surface area (Å²) in [5.74, 6) is 0.785. The largest absolute Gasteiger partial charge is 0.497 e. The number of carbonyl (C=O) groups is 1. The number of hydrazine groups is 1. The number of rotatable bonds is 7. The van der Waals surface area contributed by atoms with Crippen molar-refractivity contribution in [1.29, 1.82) is 0 Å². The van der Waals surface area contributed by atoms with Crippen LogP contribution in [-0.2, 0) is 18.4 Å². The van der Waals surface area contributed by atoms with Gasteiger partial charge in [-0.05, 0) is 45.8 Å². The fourth-order valence-corrected chi connectivity index (χ4v) is 3.19. The first-order chi connectivity index (χ1) is 12.6. The second-order valence-corrected chi connectivity index (χ2v) is 6.63. The third kappa shape index (κ3) is 4.23. The lowest BCUT2D eigenvalue weighted by molar-refractivity contribution is -0.117. The molecular weight excluding hydrogens is 396 g/mol. The highest BCUT2D eigenvalue weighted by molar-refractivity contribution is 9.10. The van der Waals surface area contributed by atoms with Crippen LogP contribution in [0.4, 0.5) is 5.69 Å². The summed E-state index contributed by atoms with van der Waals surface area (Å²) < 4.78 is 7.82. The molecule has 0 fully saturated rings. The standard InChI is InChI=1S/C19H19BrN4O2/c1-23-12-18(20)19(22-23)15-4-3-5-16(10-15)21-24(13-25)11-14-6-8-17(26-2)9-7-14/h3-10,12-13,21H,11H2,1-2H3. The van der Waals surface area contributed by atoms with Crippen LogP contribution >= 0.6 is 15.9 Å². The number of carbonyl (C=O) groups excluding carboxylic acids is 1. The molecule has 0 saturated carbocycles. The quantitative estimate of drug-likeness (QED) is 0.471. The van der Waals surface area contributed by atoms with Crippen molar-refractivity contribution in [3.63, 3.8) is 0 Å². The lowest BCUT2D eigenvalue weighted by atomic mass is 10.1. The van der Waals surface area contributed by atoms with Crippen molar-refractivity contribution in [2.45, 2.75) is 6.54 Å². The van der Waals surface area contributed by atoms with Gasteiger partial charge in [-0.2, -0.15) is 5.10 Å². The first-order valence-corrected chi connectivity index (χ1v) is 8.79. The van der Waals surface area contributed by atoms with Gasteiger partial charge in [-0.15, -0.1) is 0 Å². The maximum absolute atomic E-state index is 11.5. The van der Waals surface area contributed by atoms with Crippen molar-refractivity contribution >= 4 is 28.0 Å². The second kappa shape index (κ2) is 8.05. The van der Waals surface area contributed by atoms with Crippen molar-refractivity contribution in [2.24, 2.45) is 7.05 Å². The van der Waals surface area contributed by atoms with Gasteiger partial charge >= 0.3 is 0 Å². The number of benzene rings is 2. The van der Waals surface area contributed by atoms with Crippen molar-refractivity contribution in [3.05, 3.63) is 64.8 Å². The van der Waals surface area contributed by atoms with Gasteiger partial charge < -0.3 is 4.74 Å². The Balaban J connectivity index is 1.74. The van der Waals surface area contributed by atoms with E-state index >= 15 is 0 Å². The number of ether oxygens (including phenoxy) is 1. The van der Waals surface area contributed by atoms with Crippen molar-refractivity contribution in [3.8, 4) is 17.0 Å². The van der Waals surface area contributed by atoms with E-state index in [1.807, 2.05) is 61.8 Å². The van der Waals surface area contributed by atoms with E-state index in [1.165, 1.54) is 5.01 Å². The van der Waals surface area contributed by atoms with Crippen LogP contribution in [0, 0.1) is 0 Å². The molecule has 1 N–H and O–H groups in total. The van der Waals surface area contributed by atoms with Crippen LogP contribution in [0.2, 0.25) is 0 Å². The minimum Gasteiger partial charge on any atom is -0.497 e. The summed E-state index contributed by atoms with van der Waals surface area (Å²) in [7, 11) is 3.50. The fourth-order valence-electron chi connectivity index (χ4n) is 2.59. The predicted octanol–water partition coefficient (Wildman–Crippen LogP) is 3.84. The Hall–Kier alpha value is -2.80. The van der Waals surface area contributed by atoms with E-state index in [1.54, 1.807) is 11.8 Å². The van der Waals surface area contributed by atoms with Crippen LogP contribution in [0.25, 0.3) is 11.3 Å². The molecule has 0 aliphatic rings. The van der Waals surface area contributed by atoms with Gasteiger partial charge in [-0.25, -0.2) is 0 Å². The van der Waals surface area contributed by atoms with Crippen LogP contribution in [0.15, 0.2) is 59.2 Å². The highest BCUT2D eigenvalue weighted by Crippen LogP contribution is 2.28. The van der Waals surface area contributed by atoms with Gasteiger partial charge in [0.1, 0.15) is 11.4 Å². The molecule has 0 atom stereocenters. The number of halogens is 1. The maximum atomic E-state index is 11.5. The summed E-state index contributed by atoms with van der Waals surface area (Å²) in [5.41, 5.74) is 6.73. The summed E-state index contributed by atoms with van der Waals surface area (Å²) in [5, 5.41) is 5.95. The molecule has 0 spiro atoms. The molecule has 26 heavy (non-hydrogen) atoms. The van der Waals surface area contributed by atoms with Gasteiger partial charge in [0.2, 0.25) is 6.41 Å². The average Bonchev–Trinajstić information content (AvgIpc) is 3.00. The van der Waals surface area contributed by atoms with Gasteiger partial charge in [0.15, 0.2) is 0 Å². The van der Waals surface area contributed by atoms with E-state index in [9.17, 15) is 4.79 Å². The molecule has 134 valence electrons. The molecule has 0 aliphatic carbocycles. The van der Waals surface area contributed by atoms with Gasteiger partial charge in [0, 0.05) is 18.8 Å². The summed E-state index contributed by atoms with van der Waals surface area (Å²) >= 11 is 3.52. The Morgan fingerprint density at radius 3 is 2.65 bits per heavy atom. The van der Waals surface area contributed by atoms with E-state index < -0.39 is 0 Å². The van der Waals surface area contributed by atoms with Crippen molar-refractivity contribution in [1.82, 2.24) is 14.8 Å². The zero-order valence-electron chi connectivity index (χ0n) is 14.5. The second-order valence-electron chi connectivity index (χ2n) is 5.77. The third-order valence-electron chi connectivity index (χ3n) is 3.83. The summed E-state index contributed by atoms with van der Waals surface area (Å²) in [6.45, 7) is 0.436. The minimum absolute atomic E-state index is 0.436. The first kappa shape index (κ1) is 18.0. The highest BCUT2D eigenvalue weighted by atomic mass is 79.9. The molecule has 7 heteroatoms. The molecule has 3 rings (SSSR count). The summed E-state index contributed by atoms with van der Waals surface area (Å²) in [6, 6.07) is 15.4. The number of methoxy groups -OCH3 is 1. The Bertz CT molecular complexity index is 893. The number of hydrogen-bond donors (Lipinski definition) is 1. The third-order valence-corrected chi connectivity index (χ3v) is 4.41. The Kier molecular flexibility index (Phi) is 5.58. The molecule has 3 aromatic rings. The molecule has 0 bridgehead atoms. The number of hydrogen-bond acceptors (Lipinski definition) is 4. The number of nitrogens with zero attached hydrogens (tertiary/aromatic N) is 3. The monoisotopic (exact) mass is 414 g/mol. The average molecular weight is 415 g/mol. The molecule has 1 amide bonds. The Morgan fingerprint density at radius 2 is 2.04 bits per heavy atom. The molecule has 0 unspecified atom stereocenters. The van der Waals surface area contributed by atoms with E-state index in [0.717, 1.165) is 39.1 Å². The van der Waals surface area contributed by atoms with Crippen molar-refractivity contribution in [2.75, 3.05) is 12.5 Å². The van der Waals surface area contributed by atoms with Crippen LogP contribution in [0.5, 0.6) is 5.75 Å². The van der Waals surface area contributed by atoms with Gasteiger partial charge in [0.25, 0.3) is 0 Å². The summed E-state index contributed by atoms with van der Waals surface area (Å²) in [4.78, 5) is 11.5. The SMILES string of the molecule is COc1ccc(CN(C=O)Nc2cccc(-c3nn(C)cc3Br)c2)cc1. The molecule has 0 saturated heterocycles. The lowest BCUT2D eigenvalue weighted by Gasteiger charge is -2.20. The van der Waals surface area contributed by atoms with Gasteiger partial charge in [-0.3, -0.25) is 19.9 Å². The molecule has 2 aromatic carbocycles. The zero-order chi connectivity index (χ0) is 18.5. The normalized spacial score (nSPS) is 10.4. The Labute approximate surface area is 160 Å². The van der Waals surface area contributed by atoms with Gasteiger partial charge in [0.05, 0.1) is 23.8 Å². The topological polar surface area (TPSA) is 59.4 Å². The molecule has 0 radical (unpaired) electrons. The van der Waals surface area contributed by atoms with Crippen LogP contribution in [0.3, 0.4) is 0 Å². The molecular formula is C19H19BrN4O2. The van der Waals surface area contributed by atoms with E-state index in [2.05, 4.69) is 26.5 Å². The van der Waals surface area contributed by atoms with E-state index in [-0.39, 0.29) is 0 Å². The molecule has 6 nitrogen and oxygen atoms in total. The highest BCUT2D eigenvalue weighted by Gasteiger charge is 2.10. The minimum atomic E-state index is 0.436. The van der Waals surface area contributed by atoms with Gasteiger partial charge in [-0.1, -0.05) is 24.3 Å². The molecule has 1 aromatic heterocycles. The smallest absolute Gasteiger partial charge is 0.228 e. The lowest BCUT2D eigenvalue weighted by Crippen LogP contribution is -2.27. The first-order valence-electron chi connectivity index (χ1n) is 8.00. The Morgan fingerprint density at radius 1 is 1.27 bits per heavy atom. The zero-order valence-corrected chi connectivity index (χ0v) is 16.1. The van der Waals surface area contributed by atoms with E-state index in [0.29, 0.717) is 6.54 Å². The maximum Gasteiger partial charge on any atom is 0.228 e. The molecule has 1 heterocycles. The van der Waals surface area contributed by atoms with E-state index in [4.69, 9.17) is 4.74 Å². The van der Waals surface area contributed by atoms with Crippen LogP contribution < -0.4 is 10.2 Å². The number of amides is 1. The summed E-state index contributed by atoms with van der Waals surface area (Å²) in [6.07, 6.45) is 2.67.